The standard InChI is InChI=1S/C33H33FN6O7S/c1-20(41)45-19-31(43)46-18-30(42)40-12-10-39(11-13-40)17-21-2-6-25(36-16-21)29-15-26-32(48-29)28(8-9-35-26)47-27-7-5-23(14-24(27)34)38-33(44)37-22-3-4-22/h2,5-9,14-16,22H,3-4,10-13,17-19H2,1H3,(H2,37,38,44). The molecule has 6 rings (SSSR count). The molecular weight excluding hydrogens is 643 g/mol. The van der Waals surface area contributed by atoms with E-state index in [0.29, 0.717) is 49.7 Å². The van der Waals surface area contributed by atoms with Crippen molar-refractivity contribution >= 4 is 51.1 Å². The third-order valence-corrected chi connectivity index (χ3v) is 8.82. The minimum absolute atomic E-state index is 0.0259. The zero-order valence-electron chi connectivity index (χ0n) is 26.1. The number of halogens is 1. The fraction of sp³-hybridized carbons (Fsp3) is 0.333. The first kappa shape index (κ1) is 32.8. The summed E-state index contributed by atoms with van der Waals surface area (Å²) in [6.45, 7) is 3.21. The lowest BCUT2D eigenvalue weighted by molar-refractivity contribution is -0.161. The molecule has 13 nitrogen and oxygen atoms in total. The van der Waals surface area contributed by atoms with Gasteiger partial charge in [-0.25, -0.2) is 14.0 Å². The normalized spacial score (nSPS) is 14.8. The fourth-order valence-corrected chi connectivity index (χ4v) is 6.04. The molecule has 3 amide bonds. The minimum Gasteiger partial charge on any atom is -0.454 e. The summed E-state index contributed by atoms with van der Waals surface area (Å²) < 4.78 is 31.1. The van der Waals surface area contributed by atoms with Gasteiger partial charge in [-0.1, -0.05) is 6.07 Å². The quantitative estimate of drug-likeness (QED) is 0.220. The molecule has 0 unspecified atom stereocenters. The number of rotatable bonds is 11. The molecule has 250 valence electrons. The van der Waals surface area contributed by atoms with Gasteiger partial charge in [0.25, 0.3) is 5.91 Å². The average Bonchev–Trinajstić information content (AvgIpc) is 3.77. The van der Waals surface area contributed by atoms with E-state index >= 15 is 0 Å². The van der Waals surface area contributed by atoms with Crippen LogP contribution in [0.2, 0.25) is 0 Å². The lowest BCUT2D eigenvalue weighted by Gasteiger charge is -2.34. The molecule has 2 aliphatic rings. The SMILES string of the molecule is CC(=O)OCC(=O)OCC(=O)N1CCN(Cc2ccc(-c3cc4nccc(Oc5ccc(NC(=O)NC6CC6)cc5F)c4s3)nc2)CC1. The molecule has 0 radical (unpaired) electrons. The first-order valence-electron chi connectivity index (χ1n) is 15.4. The molecule has 1 saturated carbocycles. The molecule has 1 aliphatic heterocycles. The number of hydrogen-bond acceptors (Lipinski definition) is 11. The van der Waals surface area contributed by atoms with Crippen molar-refractivity contribution in [2.24, 2.45) is 0 Å². The summed E-state index contributed by atoms with van der Waals surface area (Å²) >= 11 is 1.44. The van der Waals surface area contributed by atoms with Gasteiger partial charge in [-0.15, -0.1) is 11.3 Å². The zero-order valence-corrected chi connectivity index (χ0v) is 26.9. The summed E-state index contributed by atoms with van der Waals surface area (Å²) in [7, 11) is 0. The predicted octanol–water partition coefficient (Wildman–Crippen LogP) is 4.32. The van der Waals surface area contributed by atoms with Crippen molar-refractivity contribution in [3.63, 3.8) is 0 Å². The number of nitrogens with one attached hydrogen (secondary N) is 2. The van der Waals surface area contributed by atoms with E-state index in [9.17, 15) is 23.6 Å². The number of ether oxygens (including phenoxy) is 3. The first-order chi connectivity index (χ1) is 23.2. The van der Waals surface area contributed by atoms with E-state index < -0.39 is 31.0 Å². The maximum atomic E-state index is 14.9. The molecule has 1 aromatic carbocycles. The Bertz CT molecular complexity index is 1820. The van der Waals surface area contributed by atoms with Crippen molar-refractivity contribution in [3.8, 4) is 22.1 Å². The summed E-state index contributed by atoms with van der Waals surface area (Å²) in [5, 5.41) is 5.44. The van der Waals surface area contributed by atoms with Crippen LogP contribution in [0.1, 0.15) is 25.3 Å². The second kappa shape index (κ2) is 14.7. The summed E-state index contributed by atoms with van der Waals surface area (Å²) in [6.07, 6.45) is 5.34. The van der Waals surface area contributed by atoms with Gasteiger partial charge in [0.05, 0.1) is 20.8 Å². The highest BCUT2D eigenvalue weighted by atomic mass is 32.1. The second-order valence-corrected chi connectivity index (χ2v) is 12.5. The van der Waals surface area contributed by atoms with E-state index in [2.05, 4.69) is 30.2 Å². The largest absolute Gasteiger partial charge is 0.454 e. The number of urea groups is 1. The molecule has 1 aliphatic carbocycles. The number of amides is 3. The Kier molecular flexibility index (Phi) is 10.1. The van der Waals surface area contributed by atoms with Gasteiger partial charge in [-0.2, -0.15) is 0 Å². The van der Waals surface area contributed by atoms with E-state index in [0.717, 1.165) is 33.7 Å². The highest BCUT2D eigenvalue weighted by Crippen LogP contribution is 2.39. The van der Waals surface area contributed by atoms with Gasteiger partial charge >= 0.3 is 18.0 Å². The number of benzene rings is 1. The molecule has 1 saturated heterocycles. The van der Waals surface area contributed by atoms with Crippen LogP contribution < -0.4 is 15.4 Å². The number of aromatic nitrogens is 2. The highest BCUT2D eigenvalue weighted by Gasteiger charge is 2.24. The van der Waals surface area contributed by atoms with Crippen LogP contribution >= 0.6 is 11.3 Å². The number of thiophene rings is 1. The molecule has 2 fully saturated rings. The zero-order chi connectivity index (χ0) is 33.6. The molecular formula is C33H33FN6O7S. The lowest BCUT2D eigenvalue weighted by Crippen LogP contribution is -2.49. The maximum absolute atomic E-state index is 14.9. The van der Waals surface area contributed by atoms with Gasteiger partial charge in [-0.05, 0) is 42.7 Å². The summed E-state index contributed by atoms with van der Waals surface area (Å²) in [4.78, 5) is 60.6. The fourth-order valence-electron chi connectivity index (χ4n) is 4.99. The Balaban J connectivity index is 1.02. The van der Waals surface area contributed by atoms with Crippen LogP contribution in [-0.4, -0.2) is 89.1 Å². The number of carbonyl (C=O) groups is 4. The van der Waals surface area contributed by atoms with E-state index in [1.165, 1.54) is 30.4 Å². The van der Waals surface area contributed by atoms with Gasteiger partial charge in [0, 0.05) is 75.9 Å². The maximum Gasteiger partial charge on any atom is 0.344 e. The van der Waals surface area contributed by atoms with Gasteiger partial charge in [-0.3, -0.25) is 24.5 Å². The monoisotopic (exact) mass is 676 g/mol. The molecule has 2 N–H and O–H groups in total. The Morgan fingerprint density at radius 3 is 2.48 bits per heavy atom. The number of piperazine rings is 1. The molecule has 3 aromatic heterocycles. The van der Waals surface area contributed by atoms with E-state index in [-0.39, 0.29) is 23.7 Å². The van der Waals surface area contributed by atoms with Crippen LogP contribution in [0.5, 0.6) is 11.5 Å². The van der Waals surface area contributed by atoms with Gasteiger partial charge in [0.2, 0.25) is 0 Å². The van der Waals surface area contributed by atoms with Crippen LogP contribution in [0.4, 0.5) is 14.9 Å². The van der Waals surface area contributed by atoms with Gasteiger partial charge < -0.3 is 29.7 Å². The molecule has 4 aromatic rings. The van der Waals surface area contributed by atoms with Crippen molar-refractivity contribution in [1.82, 2.24) is 25.1 Å². The number of hydrogen-bond donors (Lipinski definition) is 2. The number of esters is 2. The van der Waals surface area contributed by atoms with Gasteiger partial charge in [0.1, 0.15) is 5.75 Å². The van der Waals surface area contributed by atoms with Crippen LogP contribution in [0.15, 0.2) is 54.9 Å². The molecule has 15 heteroatoms. The Labute approximate surface area is 279 Å². The third-order valence-electron chi connectivity index (χ3n) is 7.66. The van der Waals surface area contributed by atoms with E-state index in [1.807, 2.05) is 24.4 Å². The number of fused-ring (bicyclic) bond motifs is 1. The van der Waals surface area contributed by atoms with Crippen molar-refractivity contribution < 1.29 is 37.8 Å². The van der Waals surface area contributed by atoms with Crippen molar-refractivity contribution in [2.45, 2.75) is 32.4 Å². The Hall–Kier alpha value is -5.15. The first-order valence-corrected chi connectivity index (χ1v) is 16.2. The highest BCUT2D eigenvalue weighted by molar-refractivity contribution is 7.22. The molecule has 0 bridgehead atoms. The minimum atomic E-state index is -0.768. The molecule has 0 atom stereocenters. The number of anilines is 1. The summed E-state index contributed by atoms with van der Waals surface area (Å²) in [5.41, 5.74) is 2.80. The Morgan fingerprint density at radius 2 is 1.77 bits per heavy atom. The topological polar surface area (TPSA) is 152 Å². The van der Waals surface area contributed by atoms with Crippen molar-refractivity contribution in [1.29, 1.82) is 0 Å². The number of pyridine rings is 2. The van der Waals surface area contributed by atoms with Crippen molar-refractivity contribution in [2.75, 3.05) is 44.7 Å². The predicted molar refractivity (Wildman–Crippen MR) is 174 cm³/mol. The average molecular weight is 677 g/mol. The third kappa shape index (κ3) is 8.60. The molecule has 4 heterocycles. The van der Waals surface area contributed by atoms with E-state index in [1.54, 1.807) is 23.2 Å². The van der Waals surface area contributed by atoms with Crippen LogP contribution in [0.25, 0.3) is 20.8 Å². The van der Waals surface area contributed by atoms with E-state index in [4.69, 9.17) is 9.47 Å². The second-order valence-electron chi connectivity index (χ2n) is 11.4. The lowest BCUT2D eigenvalue weighted by atomic mass is 10.2. The smallest absolute Gasteiger partial charge is 0.344 e. The number of nitrogens with zero attached hydrogens (tertiary/aromatic N) is 4. The van der Waals surface area contributed by atoms with Crippen LogP contribution in [0.3, 0.4) is 0 Å². The summed E-state index contributed by atoms with van der Waals surface area (Å²) in [5.74, 6) is -1.79. The van der Waals surface area contributed by atoms with Crippen molar-refractivity contribution in [3.05, 3.63) is 66.2 Å². The van der Waals surface area contributed by atoms with Gasteiger partial charge in [0.15, 0.2) is 24.8 Å². The van der Waals surface area contributed by atoms with Crippen LogP contribution in [0, 0.1) is 5.82 Å². The number of carbonyl (C=O) groups excluding carboxylic acids is 4. The molecule has 0 spiro atoms. The van der Waals surface area contributed by atoms with Crippen LogP contribution in [-0.2, 0) is 30.4 Å². The summed E-state index contributed by atoms with van der Waals surface area (Å²) in [6, 6.07) is 11.7. The Morgan fingerprint density at radius 1 is 0.958 bits per heavy atom. The molecule has 48 heavy (non-hydrogen) atoms.